The van der Waals surface area contributed by atoms with Crippen molar-refractivity contribution in [2.45, 2.75) is 40.0 Å². The van der Waals surface area contributed by atoms with Gasteiger partial charge in [0.1, 0.15) is 18.0 Å². The number of carbonyl (C=O) groups excluding carboxylic acids is 1. The van der Waals surface area contributed by atoms with Crippen LogP contribution in [0.25, 0.3) is 0 Å². The van der Waals surface area contributed by atoms with Crippen molar-refractivity contribution in [1.29, 1.82) is 0 Å². The number of phenolic OH excluding ortho intramolecular Hbond substituents is 1. The molecule has 0 saturated carbocycles. The fourth-order valence-corrected chi connectivity index (χ4v) is 2.78. The van der Waals surface area contributed by atoms with Gasteiger partial charge < -0.3 is 24.9 Å². The molecule has 1 aliphatic heterocycles. The number of nitrogens with one attached hydrogen (secondary N) is 1. The molecule has 1 aliphatic rings. The SMILES string of the molecule is Cc1c(OCCCCOC2=CC=C[NH+]([O-])C2)ccc(C(=O)CC(C)C)c1O. The van der Waals surface area contributed by atoms with Gasteiger partial charge in [-0.1, -0.05) is 13.8 Å². The Hall–Kier alpha value is -2.31. The summed E-state index contributed by atoms with van der Waals surface area (Å²) in [6.07, 6.45) is 7.04. The van der Waals surface area contributed by atoms with E-state index in [1.165, 1.54) is 0 Å². The number of carbonyl (C=O) groups is 1. The molecular weight excluding hydrogens is 346 g/mol. The van der Waals surface area contributed by atoms with Gasteiger partial charge in [-0.25, -0.2) is 0 Å². The molecule has 0 aliphatic carbocycles. The van der Waals surface area contributed by atoms with Crippen molar-refractivity contribution in [1.82, 2.24) is 0 Å². The van der Waals surface area contributed by atoms with Crippen molar-refractivity contribution in [3.63, 3.8) is 0 Å². The molecule has 2 N–H and O–H groups in total. The van der Waals surface area contributed by atoms with E-state index in [1.807, 2.05) is 19.9 Å². The van der Waals surface area contributed by atoms with Crippen molar-refractivity contribution in [2.24, 2.45) is 5.92 Å². The zero-order valence-electron chi connectivity index (χ0n) is 16.3. The van der Waals surface area contributed by atoms with Gasteiger partial charge in [-0.3, -0.25) is 4.79 Å². The maximum Gasteiger partial charge on any atom is 0.166 e. The van der Waals surface area contributed by atoms with E-state index < -0.39 is 0 Å². The number of Topliss-reactive ketones (excluding diaryl/α,β-unsaturated/α-hetero) is 1. The highest BCUT2D eigenvalue weighted by Crippen LogP contribution is 2.31. The maximum absolute atomic E-state index is 12.2. The summed E-state index contributed by atoms with van der Waals surface area (Å²) in [5.74, 6) is 1.48. The number of phenols is 1. The number of ether oxygens (including phenoxy) is 2. The fourth-order valence-electron chi connectivity index (χ4n) is 2.78. The van der Waals surface area contributed by atoms with E-state index in [-0.39, 0.29) is 22.5 Å². The van der Waals surface area contributed by atoms with Crippen LogP contribution in [0.4, 0.5) is 0 Å². The summed E-state index contributed by atoms with van der Waals surface area (Å²) in [7, 11) is 0. The lowest BCUT2D eigenvalue weighted by Gasteiger charge is -2.21. The summed E-state index contributed by atoms with van der Waals surface area (Å²) in [6, 6.07) is 3.37. The lowest BCUT2D eigenvalue weighted by atomic mass is 9.98. The molecule has 1 atom stereocenters. The Morgan fingerprint density at radius 1 is 1.26 bits per heavy atom. The minimum absolute atomic E-state index is 0.00319. The zero-order valence-corrected chi connectivity index (χ0v) is 16.3. The number of benzene rings is 1. The molecule has 1 aromatic rings. The second-order valence-electron chi connectivity index (χ2n) is 7.15. The van der Waals surface area contributed by atoms with Gasteiger partial charge in [-0.05, 0) is 50.0 Å². The van der Waals surface area contributed by atoms with Crippen LogP contribution in [0.1, 0.15) is 49.0 Å². The molecule has 0 spiro atoms. The summed E-state index contributed by atoms with van der Waals surface area (Å²) in [5.41, 5.74) is 0.935. The van der Waals surface area contributed by atoms with Crippen molar-refractivity contribution >= 4 is 5.78 Å². The van der Waals surface area contributed by atoms with Crippen molar-refractivity contribution in [3.05, 3.63) is 52.6 Å². The highest BCUT2D eigenvalue weighted by atomic mass is 16.5. The Bertz CT molecular complexity index is 709. The van der Waals surface area contributed by atoms with Crippen molar-refractivity contribution in [3.8, 4) is 11.5 Å². The molecule has 0 bridgehead atoms. The lowest BCUT2D eigenvalue weighted by molar-refractivity contribution is -0.788. The first-order chi connectivity index (χ1) is 12.9. The largest absolute Gasteiger partial charge is 0.629 e. The highest BCUT2D eigenvalue weighted by Gasteiger charge is 2.17. The van der Waals surface area contributed by atoms with Crippen LogP contribution < -0.4 is 9.80 Å². The van der Waals surface area contributed by atoms with E-state index in [4.69, 9.17) is 9.47 Å². The number of hydroxylamine groups is 2. The molecule has 6 heteroatoms. The lowest BCUT2D eigenvalue weighted by Crippen LogP contribution is -3.02. The molecule has 6 nitrogen and oxygen atoms in total. The average molecular weight is 375 g/mol. The third-order valence-electron chi connectivity index (χ3n) is 4.27. The summed E-state index contributed by atoms with van der Waals surface area (Å²) in [5, 5.41) is 21.6. The van der Waals surface area contributed by atoms with Crippen LogP contribution in [0.5, 0.6) is 11.5 Å². The summed E-state index contributed by atoms with van der Waals surface area (Å²) >= 11 is 0. The Kier molecular flexibility index (Phi) is 7.88. The maximum atomic E-state index is 12.2. The standard InChI is InChI=1S/C21H29NO5/c1-15(2)13-19(23)18-8-9-20(16(3)21(18)24)27-12-5-4-11-26-17-7-6-10-22(25)14-17/h6-10,15,22,24H,4-5,11-14H2,1-3H3. The third-order valence-corrected chi connectivity index (χ3v) is 4.27. The van der Waals surface area contributed by atoms with Crippen LogP contribution >= 0.6 is 0 Å². The fraction of sp³-hybridized carbons (Fsp3) is 0.476. The van der Waals surface area contributed by atoms with Gasteiger partial charge in [0.05, 0.1) is 25.0 Å². The molecule has 1 heterocycles. The molecule has 0 aromatic heterocycles. The van der Waals surface area contributed by atoms with Crippen molar-refractivity contribution < 1.29 is 24.4 Å². The van der Waals surface area contributed by atoms with E-state index in [0.29, 0.717) is 48.8 Å². The zero-order chi connectivity index (χ0) is 19.8. The molecular formula is C21H29NO5. The first-order valence-electron chi connectivity index (χ1n) is 9.40. The molecule has 0 saturated heterocycles. The Morgan fingerprint density at radius 2 is 1.96 bits per heavy atom. The average Bonchev–Trinajstić information content (AvgIpc) is 2.60. The van der Waals surface area contributed by atoms with E-state index in [2.05, 4.69) is 0 Å². The summed E-state index contributed by atoms with van der Waals surface area (Å²) in [6.45, 7) is 7.04. The smallest absolute Gasteiger partial charge is 0.166 e. The molecule has 0 fully saturated rings. The topological polar surface area (TPSA) is 83.3 Å². The van der Waals surface area contributed by atoms with E-state index >= 15 is 0 Å². The van der Waals surface area contributed by atoms with Crippen LogP contribution in [0, 0.1) is 18.0 Å². The van der Waals surface area contributed by atoms with Crippen LogP contribution in [-0.4, -0.2) is 30.6 Å². The molecule has 1 unspecified atom stereocenters. The second-order valence-corrected chi connectivity index (χ2v) is 7.15. The van der Waals surface area contributed by atoms with E-state index in [9.17, 15) is 15.1 Å². The normalized spacial score (nSPS) is 16.3. The predicted octanol–water partition coefficient (Wildman–Crippen LogP) is 2.90. The number of hydrogen-bond donors (Lipinski definition) is 2. The third kappa shape index (κ3) is 6.41. The molecule has 2 rings (SSSR count). The first-order valence-corrected chi connectivity index (χ1v) is 9.40. The molecule has 27 heavy (non-hydrogen) atoms. The van der Waals surface area contributed by atoms with Gasteiger partial charge in [0.25, 0.3) is 0 Å². The van der Waals surface area contributed by atoms with Gasteiger partial charge in [-0.2, -0.15) is 0 Å². The van der Waals surface area contributed by atoms with E-state index in [0.717, 1.165) is 12.8 Å². The van der Waals surface area contributed by atoms with Crippen LogP contribution in [-0.2, 0) is 4.74 Å². The number of ketones is 1. The molecule has 0 radical (unpaired) electrons. The summed E-state index contributed by atoms with van der Waals surface area (Å²) < 4.78 is 11.3. The van der Waals surface area contributed by atoms with Gasteiger partial charge in [0.2, 0.25) is 0 Å². The van der Waals surface area contributed by atoms with Gasteiger partial charge in [-0.15, -0.1) is 0 Å². The van der Waals surface area contributed by atoms with Crippen molar-refractivity contribution in [2.75, 3.05) is 19.8 Å². The predicted molar refractivity (Wildman–Crippen MR) is 104 cm³/mol. The minimum Gasteiger partial charge on any atom is -0.629 e. The van der Waals surface area contributed by atoms with Gasteiger partial charge in [0.15, 0.2) is 11.5 Å². The number of rotatable bonds is 10. The Morgan fingerprint density at radius 3 is 2.63 bits per heavy atom. The number of unbranched alkanes of at least 4 members (excludes halogenated alkanes) is 1. The molecule has 148 valence electrons. The first kappa shape index (κ1) is 21.0. The van der Waals surface area contributed by atoms with Crippen LogP contribution in [0.3, 0.4) is 0 Å². The van der Waals surface area contributed by atoms with E-state index in [1.54, 1.807) is 31.3 Å². The Balaban J connectivity index is 1.76. The number of aromatic hydroxyl groups is 1. The van der Waals surface area contributed by atoms with Gasteiger partial charge in [0, 0.05) is 12.0 Å². The second kappa shape index (κ2) is 10.1. The van der Waals surface area contributed by atoms with Crippen LogP contribution in [0.2, 0.25) is 0 Å². The quantitative estimate of drug-likeness (QED) is 0.373. The van der Waals surface area contributed by atoms with Crippen LogP contribution in [0.15, 0.2) is 36.2 Å². The Labute approximate surface area is 160 Å². The minimum atomic E-state index is -0.0559. The van der Waals surface area contributed by atoms with Gasteiger partial charge >= 0.3 is 0 Å². The number of allylic oxidation sites excluding steroid dienone is 2. The number of quaternary nitrogens is 1. The number of hydrogen-bond acceptors (Lipinski definition) is 5. The monoisotopic (exact) mass is 375 g/mol. The summed E-state index contributed by atoms with van der Waals surface area (Å²) in [4.78, 5) is 12.2. The molecule has 1 aromatic carbocycles. The molecule has 0 amide bonds. The highest BCUT2D eigenvalue weighted by molar-refractivity contribution is 5.99.